The molecule has 3 aromatic rings. The third-order valence-electron chi connectivity index (χ3n) is 5.62. The number of aromatic nitrogens is 2. The molecule has 1 amide bonds. The summed E-state index contributed by atoms with van der Waals surface area (Å²) in [6.07, 6.45) is 1.61. The molecule has 0 spiro atoms. The zero-order chi connectivity index (χ0) is 21.1. The molecule has 1 aliphatic heterocycles. The minimum absolute atomic E-state index is 0.0169. The first-order valence-corrected chi connectivity index (χ1v) is 10.6. The maximum Gasteiger partial charge on any atom is 0.227 e. The smallest absolute Gasteiger partial charge is 0.227 e. The van der Waals surface area contributed by atoms with Crippen LogP contribution in [-0.2, 0) is 4.79 Å². The maximum atomic E-state index is 12.7. The summed E-state index contributed by atoms with van der Waals surface area (Å²) in [5, 5.41) is 12.6. The molecular weight excluding hydrogens is 396 g/mol. The molecule has 0 aliphatic carbocycles. The van der Waals surface area contributed by atoms with Crippen molar-refractivity contribution < 1.29 is 4.79 Å². The van der Waals surface area contributed by atoms with E-state index in [1.165, 1.54) is 5.56 Å². The Kier molecular flexibility index (Phi) is 6.00. The van der Waals surface area contributed by atoms with Crippen LogP contribution in [-0.4, -0.2) is 29.2 Å². The molecule has 154 valence electrons. The standard InChI is InChI=1S/C24H25ClN4O/c1-16-3-8-21(17(2)15-16)26-24(30)19-11-13-29(14-12-19)23-10-9-22(27-28-23)18-4-6-20(25)7-5-18/h3-10,15,19H,11-14H2,1-2H3,(H,26,30). The molecule has 2 aromatic carbocycles. The van der Waals surface area contributed by atoms with E-state index in [-0.39, 0.29) is 11.8 Å². The van der Waals surface area contributed by atoms with E-state index in [0.29, 0.717) is 5.02 Å². The second kappa shape index (κ2) is 8.84. The van der Waals surface area contributed by atoms with Gasteiger partial charge in [0.2, 0.25) is 5.91 Å². The number of halogens is 1. The Morgan fingerprint density at radius 1 is 1.00 bits per heavy atom. The van der Waals surface area contributed by atoms with Gasteiger partial charge >= 0.3 is 0 Å². The number of anilines is 2. The highest BCUT2D eigenvalue weighted by Crippen LogP contribution is 2.25. The fourth-order valence-electron chi connectivity index (χ4n) is 3.83. The van der Waals surface area contributed by atoms with Crippen LogP contribution in [0.2, 0.25) is 5.02 Å². The highest BCUT2D eigenvalue weighted by molar-refractivity contribution is 6.30. The first-order chi connectivity index (χ1) is 14.5. The van der Waals surface area contributed by atoms with Gasteiger partial charge in [0, 0.05) is 35.3 Å². The Bertz CT molecular complexity index is 1030. The summed E-state index contributed by atoms with van der Waals surface area (Å²) in [6.45, 7) is 5.66. The lowest BCUT2D eigenvalue weighted by Crippen LogP contribution is -2.38. The van der Waals surface area contributed by atoms with Gasteiger partial charge in [-0.05, 0) is 62.6 Å². The number of hydrogen-bond acceptors (Lipinski definition) is 4. The van der Waals surface area contributed by atoms with E-state index in [1.54, 1.807) is 0 Å². The molecule has 4 rings (SSSR count). The van der Waals surface area contributed by atoms with Gasteiger partial charge < -0.3 is 10.2 Å². The van der Waals surface area contributed by atoms with E-state index >= 15 is 0 Å². The maximum absolute atomic E-state index is 12.7. The van der Waals surface area contributed by atoms with Gasteiger partial charge in [0.05, 0.1) is 5.69 Å². The minimum Gasteiger partial charge on any atom is -0.355 e. The van der Waals surface area contributed by atoms with Gasteiger partial charge in [0.1, 0.15) is 0 Å². The van der Waals surface area contributed by atoms with Gasteiger partial charge in [-0.2, -0.15) is 0 Å². The van der Waals surface area contributed by atoms with Crippen LogP contribution in [0.4, 0.5) is 11.5 Å². The largest absolute Gasteiger partial charge is 0.355 e. The van der Waals surface area contributed by atoms with E-state index < -0.39 is 0 Å². The van der Waals surface area contributed by atoms with Crippen LogP contribution in [0.25, 0.3) is 11.3 Å². The highest BCUT2D eigenvalue weighted by atomic mass is 35.5. The summed E-state index contributed by atoms with van der Waals surface area (Å²) >= 11 is 5.95. The molecular formula is C24H25ClN4O. The molecule has 30 heavy (non-hydrogen) atoms. The van der Waals surface area contributed by atoms with Crippen LogP contribution < -0.4 is 10.2 Å². The Morgan fingerprint density at radius 2 is 1.73 bits per heavy atom. The predicted octanol–water partition coefficient (Wildman–Crippen LogP) is 5.27. The summed E-state index contributed by atoms with van der Waals surface area (Å²) in [5.41, 5.74) is 4.99. The number of amides is 1. The summed E-state index contributed by atoms with van der Waals surface area (Å²) in [4.78, 5) is 14.9. The lowest BCUT2D eigenvalue weighted by Gasteiger charge is -2.32. The molecule has 0 bridgehead atoms. The van der Waals surface area contributed by atoms with Crippen LogP contribution in [0, 0.1) is 19.8 Å². The molecule has 5 nitrogen and oxygen atoms in total. The van der Waals surface area contributed by atoms with Gasteiger partial charge in [-0.25, -0.2) is 0 Å². The van der Waals surface area contributed by atoms with Crippen molar-refractivity contribution in [3.05, 3.63) is 70.7 Å². The summed E-state index contributed by atoms with van der Waals surface area (Å²) in [7, 11) is 0. The number of carbonyl (C=O) groups excluding carboxylic acids is 1. The average molecular weight is 421 g/mol. The van der Waals surface area contributed by atoms with Crippen molar-refractivity contribution in [1.29, 1.82) is 0 Å². The number of hydrogen-bond donors (Lipinski definition) is 1. The van der Waals surface area contributed by atoms with Crippen LogP contribution in [0.5, 0.6) is 0 Å². The molecule has 0 radical (unpaired) electrons. The Hall–Kier alpha value is -2.92. The molecule has 0 unspecified atom stereocenters. The number of nitrogens with zero attached hydrogens (tertiary/aromatic N) is 3. The number of benzene rings is 2. The molecule has 6 heteroatoms. The number of rotatable bonds is 4. The molecule has 1 saturated heterocycles. The summed E-state index contributed by atoms with van der Waals surface area (Å²) in [6, 6.07) is 17.6. The molecule has 0 atom stereocenters. The number of carbonyl (C=O) groups is 1. The number of piperidine rings is 1. The summed E-state index contributed by atoms with van der Waals surface area (Å²) in [5.74, 6) is 0.968. The Labute approximate surface area is 182 Å². The van der Waals surface area contributed by atoms with Crippen molar-refractivity contribution in [3.8, 4) is 11.3 Å². The predicted molar refractivity (Wildman–Crippen MR) is 122 cm³/mol. The third kappa shape index (κ3) is 4.62. The number of aryl methyl sites for hydroxylation is 2. The molecule has 0 saturated carbocycles. The van der Waals surface area contributed by atoms with E-state index in [0.717, 1.165) is 54.3 Å². The van der Waals surface area contributed by atoms with E-state index in [1.807, 2.05) is 55.5 Å². The van der Waals surface area contributed by atoms with Crippen molar-refractivity contribution in [2.45, 2.75) is 26.7 Å². The van der Waals surface area contributed by atoms with Crippen LogP contribution in [0.3, 0.4) is 0 Å². The topological polar surface area (TPSA) is 58.1 Å². The molecule has 1 aliphatic rings. The van der Waals surface area contributed by atoms with Gasteiger partial charge in [-0.1, -0.05) is 41.4 Å². The normalized spacial score (nSPS) is 14.6. The SMILES string of the molecule is Cc1ccc(NC(=O)C2CCN(c3ccc(-c4ccc(Cl)cc4)nn3)CC2)c(C)c1. The van der Waals surface area contributed by atoms with E-state index in [4.69, 9.17) is 11.6 Å². The third-order valence-corrected chi connectivity index (χ3v) is 5.87. The van der Waals surface area contributed by atoms with Crippen LogP contribution in [0.1, 0.15) is 24.0 Å². The highest BCUT2D eigenvalue weighted by Gasteiger charge is 2.26. The lowest BCUT2D eigenvalue weighted by molar-refractivity contribution is -0.120. The lowest BCUT2D eigenvalue weighted by atomic mass is 9.95. The Balaban J connectivity index is 1.34. The molecule has 1 N–H and O–H groups in total. The molecule has 1 aromatic heterocycles. The van der Waals surface area contributed by atoms with Crippen molar-refractivity contribution in [3.63, 3.8) is 0 Å². The minimum atomic E-state index is 0.0169. The molecule has 1 fully saturated rings. The average Bonchev–Trinajstić information content (AvgIpc) is 2.76. The first kappa shape index (κ1) is 20.4. The molecule has 2 heterocycles. The van der Waals surface area contributed by atoms with Gasteiger partial charge in [0.15, 0.2) is 5.82 Å². The summed E-state index contributed by atoms with van der Waals surface area (Å²) < 4.78 is 0. The first-order valence-electron chi connectivity index (χ1n) is 10.2. The fourth-order valence-corrected chi connectivity index (χ4v) is 3.95. The van der Waals surface area contributed by atoms with Crippen molar-refractivity contribution in [1.82, 2.24) is 10.2 Å². The quantitative estimate of drug-likeness (QED) is 0.624. The van der Waals surface area contributed by atoms with Crippen molar-refractivity contribution in [2.75, 3.05) is 23.3 Å². The monoisotopic (exact) mass is 420 g/mol. The number of nitrogens with one attached hydrogen (secondary N) is 1. The van der Waals surface area contributed by atoms with E-state index in [2.05, 4.69) is 33.4 Å². The van der Waals surface area contributed by atoms with Crippen LogP contribution in [0.15, 0.2) is 54.6 Å². The van der Waals surface area contributed by atoms with Crippen molar-refractivity contribution in [2.24, 2.45) is 5.92 Å². The van der Waals surface area contributed by atoms with Gasteiger partial charge in [0.25, 0.3) is 0 Å². The second-order valence-corrected chi connectivity index (χ2v) is 8.29. The van der Waals surface area contributed by atoms with Crippen molar-refractivity contribution >= 4 is 29.0 Å². The Morgan fingerprint density at radius 3 is 2.37 bits per heavy atom. The second-order valence-electron chi connectivity index (χ2n) is 7.85. The fraction of sp³-hybridized carbons (Fsp3) is 0.292. The zero-order valence-corrected chi connectivity index (χ0v) is 18.0. The van der Waals surface area contributed by atoms with Gasteiger partial charge in [-0.3, -0.25) is 4.79 Å². The van der Waals surface area contributed by atoms with Gasteiger partial charge in [-0.15, -0.1) is 10.2 Å². The van der Waals surface area contributed by atoms with Crippen LogP contribution >= 0.6 is 11.6 Å². The zero-order valence-electron chi connectivity index (χ0n) is 17.2. The van der Waals surface area contributed by atoms with E-state index in [9.17, 15) is 4.79 Å².